The molecule has 1 aromatic heterocycles. The number of esters is 1. The van der Waals surface area contributed by atoms with E-state index in [0.717, 1.165) is 12.0 Å². The summed E-state index contributed by atoms with van der Waals surface area (Å²) in [5.74, 6) is -0.476. The highest BCUT2D eigenvalue weighted by molar-refractivity contribution is 6.34. The van der Waals surface area contributed by atoms with Crippen molar-refractivity contribution in [1.82, 2.24) is 4.98 Å². The number of anilines is 2. The van der Waals surface area contributed by atoms with E-state index in [1.165, 1.54) is 7.11 Å². The van der Waals surface area contributed by atoms with Gasteiger partial charge < -0.3 is 15.8 Å². The lowest BCUT2D eigenvalue weighted by Gasteiger charge is -2.13. The molecule has 0 radical (unpaired) electrons. The van der Waals surface area contributed by atoms with Gasteiger partial charge >= 0.3 is 5.97 Å². The highest BCUT2D eigenvalue weighted by Gasteiger charge is 2.15. The topological polar surface area (TPSA) is 77.2 Å². The highest BCUT2D eigenvalue weighted by atomic mass is 35.5. The zero-order valence-electron chi connectivity index (χ0n) is 11.6. The maximum atomic E-state index is 11.8. The van der Waals surface area contributed by atoms with Crippen molar-refractivity contribution >= 4 is 28.9 Å². The number of nitrogens with two attached hydrogens (primary N) is 1. The molecule has 0 aliphatic heterocycles. The van der Waals surface area contributed by atoms with Gasteiger partial charge in [0.2, 0.25) is 0 Å². The molecule has 0 aliphatic carbocycles. The summed E-state index contributed by atoms with van der Waals surface area (Å²) in [7, 11) is 1.32. The van der Waals surface area contributed by atoms with E-state index < -0.39 is 5.97 Å². The number of nitrogens with zero attached hydrogens (tertiary/aromatic N) is 1. The van der Waals surface area contributed by atoms with Gasteiger partial charge in [0.25, 0.3) is 0 Å². The maximum Gasteiger partial charge on any atom is 0.340 e. The van der Waals surface area contributed by atoms with Crippen molar-refractivity contribution in [1.29, 1.82) is 0 Å². The Hall–Kier alpha value is -2.27. The number of rotatable bonds is 5. The standard InChI is InChI=1S/C15H16ClN3O2/c1-21-15(20)12-8-11(17)9-13(16)14(12)19-7-4-10-2-5-18-6-3-10/h2-3,5-6,8-9,19H,4,7,17H2,1H3. The maximum absolute atomic E-state index is 11.8. The molecule has 1 heterocycles. The number of carbonyl (C=O) groups excluding carboxylic acids is 1. The third kappa shape index (κ3) is 3.86. The minimum absolute atomic E-state index is 0.331. The average molecular weight is 306 g/mol. The Bertz CT molecular complexity index is 632. The summed E-state index contributed by atoms with van der Waals surface area (Å²) in [6.07, 6.45) is 4.26. The predicted octanol–water partition coefficient (Wildman–Crippen LogP) is 2.76. The SMILES string of the molecule is COC(=O)c1cc(N)cc(Cl)c1NCCc1ccncc1. The number of hydrogen-bond acceptors (Lipinski definition) is 5. The number of nitrogen functional groups attached to an aromatic ring is 1. The Labute approximate surface area is 128 Å². The fourth-order valence-corrected chi connectivity index (χ4v) is 2.25. The van der Waals surface area contributed by atoms with Crippen molar-refractivity contribution in [3.63, 3.8) is 0 Å². The molecule has 0 unspecified atom stereocenters. The van der Waals surface area contributed by atoms with E-state index in [1.54, 1.807) is 24.5 Å². The van der Waals surface area contributed by atoms with Crippen LogP contribution in [0.5, 0.6) is 0 Å². The van der Waals surface area contributed by atoms with E-state index in [2.05, 4.69) is 10.3 Å². The van der Waals surface area contributed by atoms with Crippen LogP contribution >= 0.6 is 11.6 Å². The molecule has 110 valence electrons. The van der Waals surface area contributed by atoms with Gasteiger partial charge in [-0.25, -0.2) is 4.79 Å². The molecule has 1 aromatic carbocycles. The lowest BCUT2D eigenvalue weighted by Crippen LogP contribution is -2.12. The van der Waals surface area contributed by atoms with Crippen LogP contribution in [0.25, 0.3) is 0 Å². The smallest absolute Gasteiger partial charge is 0.340 e. The average Bonchev–Trinajstić information content (AvgIpc) is 2.49. The van der Waals surface area contributed by atoms with Gasteiger partial charge in [-0.05, 0) is 36.2 Å². The van der Waals surface area contributed by atoms with E-state index in [0.29, 0.717) is 28.5 Å². The van der Waals surface area contributed by atoms with Gasteiger partial charge in [-0.3, -0.25) is 4.98 Å². The third-order valence-electron chi connectivity index (χ3n) is 2.98. The molecular formula is C15H16ClN3O2. The number of ether oxygens (including phenoxy) is 1. The molecule has 0 atom stereocenters. The number of halogens is 1. The first-order valence-corrected chi connectivity index (χ1v) is 6.79. The summed E-state index contributed by atoms with van der Waals surface area (Å²) >= 11 is 6.16. The highest BCUT2D eigenvalue weighted by Crippen LogP contribution is 2.29. The predicted molar refractivity (Wildman–Crippen MR) is 83.6 cm³/mol. The minimum atomic E-state index is -0.476. The van der Waals surface area contributed by atoms with E-state index in [4.69, 9.17) is 22.1 Å². The molecule has 21 heavy (non-hydrogen) atoms. The van der Waals surface area contributed by atoms with Crippen LogP contribution in [0.4, 0.5) is 11.4 Å². The van der Waals surface area contributed by atoms with Gasteiger partial charge in [-0.1, -0.05) is 11.6 Å². The van der Waals surface area contributed by atoms with Crippen LogP contribution in [-0.4, -0.2) is 24.6 Å². The molecular weight excluding hydrogens is 290 g/mol. The van der Waals surface area contributed by atoms with Crippen LogP contribution in [0.2, 0.25) is 5.02 Å². The number of nitrogens with one attached hydrogen (secondary N) is 1. The number of pyridine rings is 1. The molecule has 0 spiro atoms. The Morgan fingerprint density at radius 2 is 2.10 bits per heavy atom. The van der Waals surface area contributed by atoms with Crippen LogP contribution < -0.4 is 11.1 Å². The molecule has 6 heteroatoms. The van der Waals surface area contributed by atoms with E-state index >= 15 is 0 Å². The zero-order chi connectivity index (χ0) is 15.2. The second-order valence-electron chi connectivity index (χ2n) is 4.45. The molecule has 0 bridgehead atoms. The zero-order valence-corrected chi connectivity index (χ0v) is 12.4. The molecule has 3 N–H and O–H groups in total. The monoisotopic (exact) mass is 305 g/mol. The summed E-state index contributed by atoms with van der Waals surface area (Å²) in [6, 6.07) is 7.02. The summed E-state index contributed by atoms with van der Waals surface area (Å²) < 4.78 is 4.75. The first-order valence-electron chi connectivity index (χ1n) is 6.42. The Morgan fingerprint density at radius 1 is 1.38 bits per heavy atom. The van der Waals surface area contributed by atoms with Gasteiger partial charge in [-0.15, -0.1) is 0 Å². The quantitative estimate of drug-likeness (QED) is 0.656. The number of hydrogen-bond donors (Lipinski definition) is 2. The van der Waals surface area contributed by atoms with E-state index in [-0.39, 0.29) is 0 Å². The number of aromatic nitrogens is 1. The fraction of sp³-hybridized carbons (Fsp3) is 0.200. The molecule has 0 amide bonds. The largest absolute Gasteiger partial charge is 0.465 e. The van der Waals surface area contributed by atoms with Crippen LogP contribution in [0.1, 0.15) is 15.9 Å². The Kier molecular flexibility index (Phi) is 5.00. The molecule has 2 rings (SSSR count). The summed E-state index contributed by atoms with van der Waals surface area (Å²) in [4.78, 5) is 15.8. The summed E-state index contributed by atoms with van der Waals surface area (Å²) in [6.45, 7) is 0.623. The molecule has 2 aromatic rings. The number of benzene rings is 1. The van der Waals surface area contributed by atoms with Gasteiger partial charge in [0.1, 0.15) is 0 Å². The van der Waals surface area contributed by atoms with Crippen LogP contribution in [0, 0.1) is 0 Å². The van der Waals surface area contributed by atoms with Crippen molar-refractivity contribution in [3.05, 3.63) is 52.8 Å². The minimum Gasteiger partial charge on any atom is -0.465 e. The van der Waals surface area contributed by atoms with E-state index in [1.807, 2.05) is 12.1 Å². The Morgan fingerprint density at radius 3 is 2.76 bits per heavy atom. The van der Waals surface area contributed by atoms with Gasteiger partial charge in [0, 0.05) is 24.6 Å². The van der Waals surface area contributed by atoms with Crippen molar-refractivity contribution in [2.45, 2.75) is 6.42 Å². The van der Waals surface area contributed by atoms with Crippen LogP contribution in [0.15, 0.2) is 36.7 Å². The van der Waals surface area contributed by atoms with Crippen molar-refractivity contribution in [2.75, 3.05) is 24.7 Å². The number of carbonyl (C=O) groups is 1. The molecule has 0 aliphatic rings. The number of methoxy groups -OCH3 is 1. The molecule has 0 saturated heterocycles. The second kappa shape index (κ2) is 6.95. The van der Waals surface area contributed by atoms with Crippen molar-refractivity contribution in [2.24, 2.45) is 0 Å². The lowest BCUT2D eigenvalue weighted by atomic mass is 10.1. The molecule has 0 fully saturated rings. The lowest BCUT2D eigenvalue weighted by molar-refractivity contribution is 0.0602. The second-order valence-corrected chi connectivity index (χ2v) is 4.86. The normalized spacial score (nSPS) is 10.2. The fourth-order valence-electron chi connectivity index (χ4n) is 1.96. The van der Waals surface area contributed by atoms with E-state index in [9.17, 15) is 4.79 Å². The van der Waals surface area contributed by atoms with Crippen LogP contribution in [0.3, 0.4) is 0 Å². The van der Waals surface area contributed by atoms with Crippen molar-refractivity contribution in [3.8, 4) is 0 Å². The first-order chi connectivity index (χ1) is 10.1. The Balaban J connectivity index is 2.13. The molecule has 5 nitrogen and oxygen atoms in total. The summed E-state index contributed by atoms with van der Waals surface area (Å²) in [5.41, 5.74) is 8.14. The summed E-state index contributed by atoms with van der Waals surface area (Å²) in [5, 5.41) is 3.56. The first kappa shape index (κ1) is 15.1. The third-order valence-corrected chi connectivity index (χ3v) is 3.28. The van der Waals surface area contributed by atoms with Gasteiger partial charge in [0.05, 0.1) is 23.4 Å². The van der Waals surface area contributed by atoms with Crippen molar-refractivity contribution < 1.29 is 9.53 Å². The van der Waals surface area contributed by atoms with Gasteiger partial charge in [0.15, 0.2) is 0 Å². The molecule has 0 saturated carbocycles. The van der Waals surface area contributed by atoms with Crippen LogP contribution in [-0.2, 0) is 11.2 Å². The van der Waals surface area contributed by atoms with Gasteiger partial charge in [-0.2, -0.15) is 0 Å².